The quantitative estimate of drug-likeness (QED) is 0.873. The van der Waals surface area contributed by atoms with Crippen molar-refractivity contribution in [2.75, 3.05) is 13.1 Å². The third-order valence-corrected chi connectivity index (χ3v) is 6.71. The molecule has 3 rings (SSSR count). The molecule has 0 aliphatic carbocycles. The van der Waals surface area contributed by atoms with Crippen LogP contribution in [-0.4, -0.2) is 37.9 Å². The van der Waals surface area contributed by atoms with Gasteiger partial charge in [-0.25, -0.2) is 8.42 Å². The van der Waals surface area contributed by atoms with Crippen LogP contribution in [0.2, 0.25) is 5.02 Å². The highest BCUT2D eigenvalue weighted by Crippen LogP contribution is 2.35. The van der Waals surface area contributed by atoms with Crippen molar-refractivity contribution in [1.29, 1.82) is 0 Å². The molecule has 9 heteroatoms. The normalized spacial score (nSPS) is 26.3. The fourth-order valence-corrected chi connectivity index (χ4v) is 5.17. The Hall–Kier alpha value is -0.830. The molecule has 0 aromatic heterocycles. The molecule has 0 radical (unpaired) electrons. The van der Waals surface area contributed by atoms with Gasteiger partial charge in [0, 0.05) is 25.2 Å². The monoisotopic (exact) mass is 368 g/mol. The Morgan fingerprint density at radius 2 is 1.87 bits per heavy atom. The summed E-state index contributed by atoms with van der Waals surface area (Å²) in [6.45, 7) is 0.657. The van der Waals surface area contributed by atoms with Crippen molar-refractivity contribution in [3.63, 3.8) is 0 Å². The van der Waals surface area contributed by atoms with Crippen molar-refractivity contribution >= 4 is 21.6 Å². The fourth-order valence-electron chi connectivity index (χ4n) is 3.15. The number of halogens is 4. The molecule has 2 aliphatic rings. The van der Waals surface area contributed by atoms with E-state index < -0.39 is 26.8 Å². The van der Waals surface area contributed by atoms with Gasteiger partial charge in [-0.05, 0) is 37.5 Å². The van der Waals surface area contributed by atoms with Gasteiger partial charge in [-0.2, -0.15) is 17.5 Å². The second-order valence-electron chi connectivity index (χ2n) is 5.93. The topological polar surface area (TPSA) is 49.4 Å². The summed E-state index contributed by atoms with van der Waals surface area (Å²) in [7, 11) is -3.91. The summed E-state index contributed by atoms with van der Waals surface area (Å²) in [5.74, 6) is 0. The van der Waals surface area contributed by atoms with E-state index in [1.807, 2.05) is 0 Å². The summed E-state index contributed by atoms with van der Waals surface area (Å²) in [5, 5.41) is 2.96. The van der Waals surface area contributed by atoms with E-state index in [-0.39, 0.29) is 10.9 Å². The van der Waals surface area contributed by atoms with E-state index in [0.717, 1.165) is 25.0 Å². The molecule has 2 bridgehead atoms. The van der Waals surface area contributed by atoms with Crippen LogP contribution in [0.25, 0.3) is 0 Å². The molecule has 2 saturated heterocycles. The Kier molecular flexibility index (Phi) is 4.37. The first-order valence-electron chi connectivity index (χ1n) is 7.31. The van der Waals surface area contributed by atoms with Gasteiger partial charge < -0.3 is 5.32 Å². The fraction of sp³-hybridized carbons (Fsp3) is 0.571. The molecule has 2 aliphatic heterocycles. The van der Waals surface area contributed by atoms with E-state index >= 15 is 0 Å². The Labute approximate surface area is 137 Å². The van der Waals surface area contributed by atoms with Crippen molar-refractivity contribution in [2.24, 2.45) is 0 Å². The van der Waals surface area contributed by atoms with Crippen LogP contribution in [0.5, 0.6) is 0 Å². The minimum atomic E-state index is -4.56. The van der Waals surface area contributed by atoms with Gasteiger partial charge in [0.15, 0.2) is 0 Å². The molecule has 128 valence electrons. The summed E-state index contributed by atoms with van der Waals surface area (Å²) < 4.78 is 64.8. The van der Waals surface area contributed by atoms with E-state index in [2.05, 4.69) is 5.32 Å². The molecular formula is C14H16ClF3N2O2S. The summed E-state index contributed by atoms with van der Waals surface area (Å²) in [6.07, 6.45) is -1.94. The highest BCUT2D eigenvalue weighted by molar-refractivity contribution is 7.89. The van der Waals surface area contributed by atoms with Crippen LogP contribution in [0.4, 0.5) is 13.2 Å². The van der Waals surface area contributed by atoms with Crippen molar-refractivity contribution in [3.8, 4) is 0 Å². The van der Waals surface area contributed by atoms with E-state index in [4.69, 9.17) is 11.6 Å². The first-order chi connectivity index (χ1) is 10.7. The Morgan fingerprint density at radius 3 is 2.52 bits per heavy atom. The minimum absolute atomic E-state index is 0.0884. The zero-order chi connectivity index (χ0) is 16.8. The molecule has 0 spiro atoms. The lowest BCUT2D eigenvalue weighted by Gasteiger charge is -2.24. The molecule has 23 heavy (non-hydrogen) atoms. The summed E-state index contributed by atoms with van der Waals surface area (Å²) in [5.41, 5.74) is -0.960. The molecule has 1 aromatic carbocycles. The maximum atomic E-state index is 12.7. The van der Waals surface area contributed by atoms with Crippen molar-refractivity contribution in [1.82, 2.24) is 9.62 Å². The summed E-state index contributed by atoms with van der Waals surface area (Å²) in [4.78, 5) is -0.273. The van der Waals surface area contributed by atoms with Crippen LogP contribution in [0.1, 0.15) is 24.8 Å². The van der Waals surface area contributed by atoms with Gasteiger partial charge in [0.25, 0.3) is 0 Å². The molecule has 1 N–H and O–H groups in total. The zero-order valence-corrected chi connectivity index (χ0v) is 13.7. The second kappa shape index (κ2) is 5.91. The van der Waals surface area contributed by atoms with Gasteiger partial charge in [0.05, 0.1) is 10.6 Å². The van der Waals surface area contributed by atoms with Crippen molar-refractivity contribution in [2.45, 2.75) is 42.4 Å². The molecule has 0 saturated carbocycles. The van der Waals surface area contributed by atoms with Gasteiger partial charge in [-0.1, -0.05) is 11.6 Å². The van der Waals surface area contributed by atoms with Crippen molar-refractivity contribution < 1.29 is 21.6 Å². The van der Waals surface area contributed by atoms with Gasteiger partial charge in [-0.3, -0.25) is 0 Å². The first kappa shape index (κ1) is 17.0. The molecule has 0 amide bonds. The van der Waals surface area contributed by atoms with Gasteiger partial charge in [-0.15, -0.1) is 0 Å². The third-order valence-electron chi connectivity index (χ3n) is 4.36. The number of alkyl halides is 3. The highest BCUT2D eigenvalue weighted by atomic mass is 35.5. The van der Waals surface area contributed by atoms with Gasteiger partial charge in [0.2, 0.25) is 10.0 Å². The smallest absolute Gasteiger partial charge is 0.310 e. The number of sulfonamides is 1. The number of fused-ring (bicyclic) bond motifs is 2. The number of benzene rings is 1. The van der Waals surface area contributed by atoms with E-state index in [0.29, 0.717) is 31.6 Å². The third kappa shape index (κ3) is 3.35. The summed E-state index contributed by atoms with van der Waals surface area (Å²) >= 11 is 5.84. The standard InChI is InChI=1S/C14H16ClF3N2O2S/c15-12-7-9(14(16,17)18)1-4-13(12)23(21,22)20-6-5-10-2-3-11(8-20)19-10/h1,4,7,10-11,19H,2-3,5-6,8H2. The van der Waals surface area contributed by atoms with Crippen LogP contribution in [0.3, 0.4) is 0 Å². The van der Waals surface area contributed by atoms with Gasteiger partial charge >= 0.3 is 6.18 Å². The van der Waals surface area contributed by atoms with E-state index in [9.17, 15) is 21.6 Å². The average molecular weight is 369 g/mol. The highest BCUT2D eigenvalue weighted by Gasteiger charge is 2.37. The average Bonchev–Trinajstić information content (AvgIpc) is 2.76. The lowest BCUT2D eigenvalue weighted by Crippen LogP contribution is -2.39. The largest absolute Gasteiger partial charge is 0.416 e. The molecular weight excluding hydrogens is 353 g/mol. The number of rotatable bonds is 2. The van der Waals surface area contributed by atoms with Crippen LogP contribution in [0.15, 0.2) is 23.1 Å². The number of nitrogens with zero attached hydrogens (tertiary/aromatic N) is 1. The lowest BCUT2D eigenvalue weighted by molar-refractivity contribution is -0.137. The predicted octanol–water partition coefficient (Wildman–Crippen LogP) is 2.87. The summed E-state index contributed by atoms with van der Waals surface area (Å²) in [6, 6.07) is 2.75. The minimum Gasteiger partial charge on any atom is -0.310 e. The Morgan fingerprint density at radius 1 is 1.17 bits per heavy atom. The first-order valence-corrected chi connectivity index (χ1v) is 9.12. The van der Waals surface area contributed by atoms with Crippen LogP contribution < -0.4 is 5.32 Å². The van der Waals surface area contributed by atoms with Crippen LogP contribution in [0, 0.1) is 0 Å². The second-order valence-corrected chi connectivity index (χ2v) is 8.25. The van der Waals surface area contributed by atoms with Crippen molar-refractivity contribution in [3.05, 3.63) is 28.8 Å². The Bertz CT molecular complexity index is 708. The van der Waals surface area contributed by atoms with E-state index in [1.165, 1.54) is 4.31 Å². The predicted molar refractivity (Wildman–Crippen MR) is 79.8 cm³/mol. The molecule has 1 aromatic rings. The van der Waals surface area contributed by atoms with Gasteiger partial charge in [0.1, 0.15) is 4.90 Å². The molecule has 2 heterocycles. The molecule has 4 nitrogen and oxygen atoms in total. The zero-order valence-electron chi connectivity index (χ0n) is 12.1. The number of hydrogen-bond acceptors (Lipinski definition) is 3. The van der Waals surface area contributed by atoms with Crippen LogP contribution in [-0.2, 0) is 16.2 Å². The Balaban J connectivity index is 1.90. The van der Waals surface area contributed by atoms with Crippen LogP contribution >= 0.6 is 11.6 Å². The molecule has 2 unspecified atom stereocenters. The maximum Gasteiger partial charge on any atom is 0.416 e. The molecule has 2 fully saturated rings. The SMILES string of the molecule is O=S(=O)(c1ccc(C(F)(F)F)cc1Cl)N1CCC2CCC(C1)N2. The maximum absolute atomic E-state index is 12.7. The number of nitrogens with one attached hydrogen (secondary N) is 1. The van der Waals surface area contributed by atoms with E-state index in [1.54, 1.807) is 0 Å². The number of hydrogen-bond donors (Lipinski definition) is 1. The lowest BCUT2D eigenvalue weighted by atomic mass is 10.1. The molecule has 2 atom stereocenters.